The quantitative estimate of drug-likeness (QED) is 0.689. The molecule has 1 aliphatic heterocycles. The normalized spacial score (nSPS) is 17.5. The summed E-state index contributed by atoms with van der Waals surface area (Å²) in [6.07, 6.45) is 0.864. The number of rotatable bonds is 5. The molecule has 0 spiro atoms. The first-order valence-corrected chi connectivity index (χ1v) is 5.80. The molecule has 94 valence electrons. The minimum Gasteiger partial charge on any atom is -0.363 e. The molecule has 1 aromatic rings. The van der Waals surface area contributed by atoms with Crippen LogP contribution in [0.15, 0.2) is 6.07 Å². The monoisotopic (exact) mass is 238 g/mol. The van der Waals surface area contributed by atoms with Crippen molar-refractivity contribution in [1.82, 2.24) is 15.5 Å². The van der Waals surface area contributed by atoms with Gasteiger partial charge in [-0.05, 0) is 13.3 Å². The zero-order chi connectivity index (χ0) is 12.3. The average molecular weight is 238 g/mol. The largest absolute Gasteiger partial charge is 0.363 e. The molecule has 0 atom stereocenters. The topological polar surface area (TPSA) is 79.0 Å². The Bertz CT molecular complexity index is 398. The summed E-state index contributed by atoms with van der Waals surface area (Å²) in [5.41, 5.74) is 0.800. The molecule has 1 fully saturated rings. The summed E-state index contributed by atoms with van der Waals surface area (Å²) < 4.78 is 5.52. The fraction of sp³-hybridized carbons (Fsp3) is 0.636. The van der Waals surface area contributed by atoms with Gasteiger partial charge in [0.1, 0.15) is 6.61 Å². The van der Waals surface area contributed by atoms with Gasteiger partial charge in [-0.2, -0.15) is 5.10 Å². The van der Waals surface area contributed by atoms with E-state index in [2.05, 4.69) is 20.8 Å². The van der Waals surface area contributed by atoms with E-state index in [1.165, 1.54) is 0 Å². The summed E-state index contributed by atoms with van der Waals surface area (Å²) >= 11 is 0. The van der Waals surface area contributed by atoms with Gasteiger partial charge in [0.25, 0.3) is 5.91 Å². The number of carbonyl (C=O) groups is 1. The van der Waals surface area contributed by atoms with Gasteiger partial charge in [0.15, 0.2) is 5.82 Å². The predicted molar refractivity (Wildman–Crippen MR) is 63.8 cm³/mol. The SMILES string of the molecule is CCc1cc(NC(=O)COC2(C)CNC2)n[nH]1. The lowest BCUT2D eigenvalue weighted by molar-refractivity contribution is -0.130. The maximum atomic E-state index is 11.6. The Morgan fingerprint density at radius 3 is 2.94 bits per heavy atom. The zero-order valence-corrected chi connectivity index (χ0v) is 10.2. The number of nitrogens with one attached hydrogen (secondary N) is 3. The van der Waals surface area contributed by atoms with Crippen molar-refractivity contribution in [3.8, 4) is 0 Å². The molecule has 17 heavy (non-hydrogen) atoms. The molecule has 3 N–H and O–H groups in total. The first kappa shape index (κ1) is 12.1. The third-order valence-electron chi connectivity index (χ3n) is 2.83. The number of H-pyrrole nitrogens is 1. The Kier molecular flexibility index (Phi) is 3.44. The van der Waals surface area contributed by atoms with Crippen LogP contribution in [0.5, 0.6) is 0 Å². The number of aromatic amines is 1. The van der Waals surface area contributed by atoms with Crippen LogP contribution in [0.4, 0.5) is 5.82 Å². The molecule has 2 rings (SSSR count). The van der Waals surface area contributed by atoms with Crippen LogP contribution in [-0.4, -0.2) is 41.4 Å². The molecule has 0 bridgehead atoms. The Labute approximate surface area is 100 Å². The van der Waals surface area contributed by atoms with Gasteiger partial charge in [-0.1, -0.05) is 6.92 Å². The van der Waals surface area contributed by atoms with Gasteiger partial charge >= 0.3 is 0 Å². The molecule has 1 amide bonds. The Morgan fingerprint density at radius 1 is 1.65 bits per heavy atom. The van der Waals surface area contributed by atoms with Gasteiger partial charge in [0, 0.05) is 24.8 Å². The van der Waals surface area contributed by atoms with Gasteiger partial charge in [-0.3, -0.25) is 9.89 Å². The van der Waals surface area contributed by atoms with Crippen LogP contribution >= 0.6 is 0 Å². The van der Waals surface area contributed by atoms with E-state index < -0.39 is 0 Å². The summed E-state index contributed by atoms with van der Waals surface area (Å²) in [5, 5.41) is 12.6. The third kappa shape index (κ3) is 3.04. The van der Waals surface area contributed by atoms with Crippen molar-refractivity contribution in [2.24, 2.45) is 0 Å². The summed E-state index contributed by atoms with van der Waals surface area (Å²) in [5.74, 6) is 0.375. The standard InChI is InChI=1S/C11H18N4O2/c1-3-8-4-9(15-14-8)13-10(16)5-17-11(2)6-12-7-11/h4,12H,3,5-7H2,1-2H3,(H2,13,14,15,16). The van der Waals surface area contributed by atoms with E-state index in [4.69, 9.17) is 4.74 Å². The Morgan fingerprint density at radius 2 is 2.41 bits per heavy atom. The van der Waals surface area contributed by atoms with E-state index in [1.807, 2.05) is 19.9 Å². The molecule has 0 aliphatic carbocycles. The first-order valence-electron chi connectivity index (χ1n) is 5.80. The highest BCUT2D eigenvalue weighted by Gasteiger charge is 2.33. The average Bonchev–Trinajstić information content (AvgIpc) is 2.71. The molecule has 0 aromatic carbocycles. The molecular formula is C11H18N4O2. The number of hydrogen-bond donors (Lipinski definition) is 3. The van der Waals surface area contributed by atoms with E-state index >= 15 is 0 Å². The molecule has 2 heterocycles. The third-order valence-corrected chi connectivity index (χ3v) is 2.83. The van der Waals surface area contributed by atoms with Gasteiger partial charge < -0.3 is 15.4 Å². The number of nitrogens with zero attached hydrogens (tertiary/aromatic N) is 1. The zero-order valence-electron chi connectivity index (χ0n) is 10.2. The molecule has 1 saturated heterocycles. The minimum atomic E-state index is -0.197. The Hall–Kier alpha value is -1.40. The molecular weight excluding hydrogens is 220 g/mol. The van der Waals surface area contributed by atoms with E-state index in [0.717, 1.165) is 25.2 Å². The number of aromatic nitrogens is 2. The van der Waals surface area contributed by atoms with Crippen molar-refractivity contribution in [2.45, 2.75) is 25.9 Å². The second-order valence-corrected chi connectivity index (χ2v) is 4.52. The highest BCUT2D eigenvalue weighted by Crippen LogP contribution is 2.15. The Balaban J connectivity index is 1.76. The fourth-order valence-corrected chi connectivity index (χ4v) is 1.60. The number of hydrogen-bond acceptors (Lipinski definition) is 4. The van der Waals surface area contributed by atoms with Gasteiger partial charge in [-0.15, -0.1) is 0 Å². The summed E-state index contributed by atoms with van der Waals surface area (Å²) in [6.45, 7) is 5.66. The van der Waals surface area contributed by atoms with E-state index in [1.54, 1.807) is 0 Å². The van der Waals surface area contributed by atoms with E-state index in [0.29, 0.717) is 5.82 Å². The van der Waals surface area contributed by atoms with Crippen LogP contribution in [0, 0.1) is 0 Å². The maximum Gasteiger partial charge on any atom is 0.251 e. The van der Waals surface area contributed by atoms with E-state index in [-0.39, 0.29) is 18.1 Å². The molecule has 6 heteroatoms. The molecule has 1 aliphatic rings. The van der Waals surface area contributed by atoms with Crippen molar-refractivity contribution in [1.29, 1.82) is 0 Å². The lowest BCUT2D eigenvalue weighted by atomic mass is 10.0. The second kappa shape index (κ2) is 4.85. The minimum absolute atomic E-state index is 0.0620. The van der Waals surface area contributed by atoms with E-state index in [9.17, 15) is 4.79 Å². The van der Waals surface area contributed by atoms with Crippen LogP contribution in [0.25, 0.3) is 0 Å². The second-order valence-electron chi connectivity index (χ2n) is 4.52. The first-order chi connectivity index (χ1) is 8.11. The maximum absolute atomic E-state index is 11.6. The molecule has 1 aromatic heterocycles. The molecule has 0 unspecified atom stereocenters. The smallest absolute Gasteiger partial charge is 0.251 e. The van der Waals surface area contributed by atoms with Crippen molar-refractivity contribution < 1.29 is 9.53 Å². The summed E-state index contributed by atoms with van der Waals surface area (Å²) in [7, 11) is 0. The van der Waals surface area contributed by atoms with Gasteiger partial charge in [-0.25, -0.2) is 0 Å². The van der Waals surface area contributed by atoms with Crippen molar-refractivity contribution in [3.63, 3.8) is 0 Å². The predicted octanol–water partition coefficient (Wildman–Crippen LogP) is 0.289. The van der Waals surface area contributed by atoms with Gasteiger partial charge in [0.05, 0.1) is 5.60 Å². The highest BCUT2D eigenvalue weighted by atomic mass is 16.5. The van der Waals surface area contributed by atoms with Crippen molar-refractivity contribution in [3.05, 3.63) is 11.8 Å². The number of anilines is 1. The van der Waals surface area contributed by atoms with Crippen LogP contribution in [0.1, 0.15) is 19.5 Å². The number of amides is 1. The van der Waals surface area contributed by atoms with Crippen LogP contribution in [-0.2, 0) is 16.0 Å². The molecule has 0 radical (unpaired) electrons. The molecule has 0 saturated carbocycles. The van der Waals surface area contributed by atoms with Crippen LogP contribution < -0.4 is 10.6 Å². The van der Waals surface area contributed by atoms with Crippen LogP contribution in [0.3, 0.4) is 0 Å². The lowest BCUT2D eigenvalue weighted by Gasteiger charge is -2.38. The lowest BCUT2D eigenvalue weighted by Crippen LogP contribution is -2.59. The number of carbonyl (C=O) groups excluding carboxylic acids is 1. The van der Waals surface area contributed by atoms with Gasteiger partial charge in [0.2, 0.25) is 0 Å². The summed E-state index contributed by atoms with van der Waals surface area (Å²) in [6, 6.07) is 1.82. The fourth-order valence-electron chi connectivity index (χ4n) is 1.60. The van der Waals surface area contributed by atoms with Crippen LogP contribution in [0.2, 0.25) is 0 Å². The van der Waals surface area contributed by atoms with Crippen molar-refractivity contribution in [2.75, 3.05) is 25.0 Å². The summed E-state index contributed by atoms with van der Waals surface area (Å²) in [4.78, 5) is 11.6. The van der Waals surface area contributed by atoms with Crippen molar-refractivity contribution >= 4 is 11.7 Å². The molecule has 6 nitrogen and oxygen atoms in total. The number of ether oxygens (including phenoxy) is 1. The number of aryl methyl sites for hydroxylation is 1. The highest BCUT2D eigenvalue weighted by molar-refractivity contribution is 5.90.